The van der Waals surface area contributed by atoms with Crippen LogP contribution < -0.4 is 16.0 Å². The zero-order valence-corrected chi connectivity index (χ0v) is 18.7. The molecule has 0 aromatic rings. The minimum atomic E-state index is -0.480. The summed E-state index contributed by atoms with van der Waals surface area (Å²) < 4.78 is 5.50. The molecule has 1 amide bonds. The van der Waals surface area contributed by atoms with E-state index in [2.05, 4.69) is 33.9 Å². The van der Waals surface area contributed by atoms with Gasteiger partial charge in [0.05, 0.1) is 11.4 Å². The standard InChI is InChI=1S/C21H32ClN5O2/c1-6-23-18-19(25-16-8-7-14(2)15(22)13-17(16)24-18)26-9-11-27(12-10-26)20(28)29-21(3,4)5/h8,13,23-25H,6-7,9-12H2,1-5H3. The summed E-state index contributed by atoms with van der Waals surface area (Å²) in [5, 5.41) is 11.2. The molecule has 0 bridgehead atoms. The van der Waals surface area contributed by atoms with Crippen LogP contribution in [0.3, 0.4) is 0 Å². The summed E-state index contributed by atoms with van der Waals surface area (Å²) in [5.74, 6) is 1.92. The Hall–Kier alpha value is -2.28. The Balaban J connectivity index is 1.74. The van der Waals surface area contributed by atoms with Gasteiger partial charge >= 0.3 is 6.09 Å². The molecule has 0 aromatic heterocycles. The molecular formula is C21H32ClN5O2. The first-order chi connectivity index (χ1) is 13.7. The lowest BCUT2D eigenvalue weighted by molar-refractivity contribution is 0.0163. The number of nitrogens with zero attached hydrogens (tertiary/aromatic N) is 2. The number of nitrogens with one attached hydrogen (secondary N) is 3. The molecule has 3 rings (SSSR count). The number of carbonyl (C=O) groups is 1. The van der Waals surface area contributed by atoms with E-state index in [0.717, 1.165) is 59.7 Å². The average molecular weight is 422 g/mol. The normalized spacial score (nSPS) is 20.2. The van der Waals surface area contributed by atoms with E-state index in [-0.39, 0.29) is 6.09 Å². The molecule has 0 saturated carbocycles. The Bertz CT molecular complexity index is 783. The molecule has 3 N–H and O–H groups in total. The number of amides is 1. The molecule has 0 unspecified atom stereocenters. The topological polar surface area (TPSA) is 68.9 Å². The van der Waals surface area contributed by atoms with Crippen LogP contribution in [0.5, 0.6) is 0 Å². The third-order valence-electron chi connectivity index (χ3n) is 4.93. The van der Waals surface area contributed by atoms with Crippen molar-refractivity contribution in [3.63, 3.8) is 0 Å². The summed E-state index contributed by atoms with van der Waals surface area (Å²) in [6.07, 6.45) is 4.68. The molecule has 160 valence electrons. The maximum absolute atomic E-state index is 12.4. The molecule has 0 spiro atoms. The van der Waals surface area contributed by atoms with Gasteiger partial charge in [0.15, 0.2) is 0 Å². The number of halogens is 1. The minimum Gasteiger partial charge on any atom is -0.444 e. The van der Waals surface area contributed by atoms with Crippen molar-refractivity contribution in [3.8, 4) is 0 Å². The number of hydrogen-bond acceptors (Lipinski definition) is 6. The van der Waals surface area contributed by atoms with Gasteiger partial charge in [0, 0.05) is 37.8 Å². The van der Waals surface area contributed by atoms with E-state index in [0.29, 0.717) is 13.1 Å². The van der Waals surface area contributed by atoms with Crippen molar-refractivity contribution < 1.29 is 9.53 Å². The number of carbonyl (C=O) groups excluding carboxylic acids is 1. The lowest BCUT2D eigenvalue weighted by atomic mass is 10.2. The van der Waals surface area contributed by atoms with E-state index < -0.39 is 5.60 Å². The quantitative estimate of drug-likeness (QED) is 0.650. The van der Waals surface area contributed by atoms with Crippen molar-refractivity contribution in [1.29, 1.82) is 0 Å². The van der Waals surface area contributed by atoms with Crippen molar-refractivity contribution in [1.82, 2.24) is 25.8 Å². The van der Waals surface area contributed by atoms with E-state index in [1.165, 1.54) is 0 Å². The number of piperazine rings is 1. The van der Waals surface area contributed by atoms with Crippen LogP contribution in [-0.2, 0) is 4.74 Å². The smallest absolute Gasteiger partial charge is 0.410 e. The first kappa shape index (κ1) is 21.4. The fourth-order valence-corrected chi connectivity index (χ4v) is 3.56. The number of rotatable bonds is 3. The second-order valence-electron chi connectivity index (χ2n) is 8.47. The lowest BCUT2D eigenvalue weighted by Gasteiger charge is -2.40. The van der Waals surface area contributed by atoms with Crippen LogP contribution in [0.25, 0.3) is 0 Å². The highest BCUT2D eigenvalue weighted by Gasteiger charge is 2.30. The van der Waals surface area contributed by atoms with E-state index in [1.54, 1.807) is 4.90 Å². The van der Waals surface area contributed by atoms with Gasteiger partial charge in [0.25, 0.3) is 0 Å². The van der Waals surface area contributed by atoms with Gasteiger partial charge in [-0.2, -0.15) is 0 Å². The molecule has 8 heteroatoms. The molecule has 2 heterocycles. The van der Waals surface area contributed by atoms with Gasteiger partial charge in [0.2, 0.25) is 0 Å². The van der Waals surface area contributed by atoms with Crippen LogP contribution in [-0.4, -0.2) is 54.2 Å². The maximum atomic E-state index is 12.4. The number of fused-ring (bicyclic) bond motifs is 1. The summed E-state index contributed by atoms with van der Waals surface area (Å²) in [6.45, 7) is 13.3. The number of hydrogen-bond donors (Lipinski definition) is 3. The summed E-state index contributed by atoms with van der Waals surface area (Å²) in [6, 6.07) is 0. The van der Waals surface area contributed by atoms with Crippen LogP contribution in [0.2, 0.25) is 0 Å². The number of ether oxygens (including phenoxy) is 1. The van der Waals surface area contributed by atoms with Crippen molar-refractivity contribution in [3.05, 3.63) is 45.8 Å². The van der Waals surface area contributed by atoms with Gasteiger partial charge in [0.1, 0.15) is 17.2 Å². The molecule has 1 aliphatic carbocycles. The first-order valence-corrected chi connectivity index (χ1v) is 10.6. The van der Waals surface area contributed by atoms with Crippen LogP contribution in [0.4, 0.5) is 4.79 Å². The molecule has 29 heavy (non-hydrogen) atoms. The SMILES string of the molecule is CCNC1=C(N2CCN(C(=O)OC(C)(C)C)CC2)NC2=CCC(C)=C(Cl)C=C2N1. The second-order valence-corrected chi connectivity index (χ2v) is 8.87. The fourth-order valence-electron chi connectivity index (χ4n) is 3.38. The fraction of sp³-hybridized carbons (Fsp3) is 0.571. The zero-order chi connectivity index (χ0) is 21.2. The van der Waals surface area contributed by atoms with E-state index in [9.17, 15) is 4.79 Å². The van der Waals surface area contributed by atoms with Gasteiger partial charge in [-0.15, -0.1) is 0 Å². The first-order valence-electron chi connectivity index (χ1n) is 10.2. The second kappa shape index (κ2) is 8.61. The van der Waals surface area contributed by atoms with Gasteiger partial charge in [-0.25, -0.2) is 4.79 Å². The highest BCUT2D eigenvalue weighted by Crippen LogP contribution is 2.27. The van der Waals surface area contributed by atoms with Crippen molar-refractivity contribution in [2.45, 2.75) is 46.6 Å². The Morgan fingerprint density at radius 1 is 1.21 bits per heavy atom. The van der Waals surface area contributed by atoms with Crippen LogP contribution in [0, 0.1) is 0 Å². The van der Waals surface area contributed by atoms with Crippen LogP contribution >= 0.6 is 11.6 Å². The van der Waals surface area contributed by atoms with Gasteiger partial charge in [-0.05, 0) is 47.1 Å². The molecule has 1 fully saturated rings. The Morgan fingerprint density at radius 2 is 1.90 bits per heavy atom. The molecule has 0 atom stereocenters. The lowest BCUT2D eigenvalue weighted by Crippen LogP contribution is -2.53. The average Bonchev–Trinajstić information content (AvgIpc) is 2.79. The monoisotopic (exact) mass is 421 g/mol. The van der Waals surface area contributed by atoms with Crippen LogP contribution in [0.1, 0.15) is 41.0 Å². The predicted molar refractivity (Wildman–Crippen MR) is 116 cm³/mol. The maximum Gasteiger partial charge on any atom is 0.410 e. The molecule has 2 aliphatic heterocycles. The molecule has 3 aliphatic rings. The Morgan fingerprint density at radius 3 is 2.52 bits per heavy atom. The zero-order valence-electron chi connectivity index (χ0n) is 18.0. The summed E-state index contributed by atoms with van der Waals surface area (Å²) >= 11 is 6.40. The molecule has 1 saturated heterocycles. The minimum absolute atomic E-state index is 0.249. The van der Waals surface area contributed by atoms with Crippen LogP contribution in [0.15, 0.2) is 45.8 Å². The molecular weight excluding hydrogens is 390 g/mol. The predicted octanol–water partition coefficient (Wildman–Crippen LogP) is 3.15. The Labute approximate surface area is 178 Å². The molecule has 7 nitrogen and oxygen atoms in total. The third kappa shape index (κ3) is 5.21. The Kier molecular flexibility index (Phi) is 6.36. The van der Waals surface area contributed by atoms with E-state index in [1.807, 2.05) is 33.8 Å². The van der Waals surface area contributed by atoms with Gasteiger partial charge in [-0.1, -0.05) is 23.3 Å². The third-order valence-corrected chi connectivity index (χ3v) is 5.36. The van der Waals surface area contributed by atoms with Crippen molar-refractivity contribution >= 4 is 17.7 Å². The highest BCUT2D eigenvalue weighted by atomic mass is 35.5. The van der Waals surface area contributed by atoms with E-state index >= 15 is 0 Å². The number of allylic oxidation sites excluding steroid dienone is 4. The largest absolute Gasteiger partial charge is 0.444 e. The molecule has 0 aromatic carbocycles. The summed E-state index contributed by atoms with van der Waals surface area (Å²) in [5.41, 5.74) is 2.64. The summed E-state index contributed by atoms with van der Waals surface area (Å²) in [7, 11) is 0. The van der Waals surface area contributed by atoms with Crippen molar-refractivity contribution in [2.75, 3.05) is 32.7 Å². The van der Waals surface area contributed by atoms with Gasteiger partial charge in [-0.3, -0.25) is 0 Å². The highest BCUT2D eigenvalue weighted by molar-refractivity contribution is 6.31. The van der Waals surface area contributed by atoms with E-state index in [4.69, 9.17) is 16.3 Å². The summed E-state index contributed by atoms with van der Waals surface area (Å²) in [4.78, 5) is 16.4. The van der Waals surface area contributed by atoms with Gasteiger partial charge < -0.3 is 30.5 Å². The van der Waals surface area contributed by atoms with Crippen molar-refractivity contribution in [2.24, 2.45) is 0 Å². The molecule has 0 radical (unpaired) electrons.